The predicted octanol–water partition coefficient (Wildman–Crippen LogP) is 5.03. The molecule has 3 aromatic rings. The van der Waals surface area contributed by atoms with Crippen LogP contribution in [0.3, 0.4) is 0 Å². The summed E-state index contributed by atoms with van der Waals surface area (Å²) in [5.41, 5.74) is -1.63. The summed E-state index contributed by atoms with van der Waals surface area (Å²) in [5.74, 6) is -6.37. The molecule has 200 valence electrons. The van der Waals surface area contributed by atoms with Gasteiger partial charge in [-0.3, -0.25) is 10.4 Å². The summed E-state index contributed by atoms with van der Waals surface area (Å²) in [7, 11) is 0. The van der Waals surface area contributed by atoms with Crippen LogP contribution >= 0.6 is 0 Å². The number of pyridine rings is 1. The number of hydrogen-bond donors (Lipinski definition) is 3. The van der Waals surface area contributed by atoms with Crippen LogP contribution in [0.15, 0.2) is 60.8 Å². The molecule has 0 aliphatic carbocycles. The molecule has 1 atom stereocenters. The summed E-state index contributed by atoms with van der Waals surface area (Å²) in [6.07, 6.45) is -0.0694. The minimum absolute atomic E-state index is 0.0653. The largest absolute Gasteiger partial charge is 0.456 e. The molecule has 1 unspecified atom stereocenters. The zero-order valence-corrected chi connectivity index (χ0v) is 20.6. The number of ether oxygens (including phenoxy) is 2. The number of hydrazine groups is 1. The first-order chi connectivity index (χ1) is 17.7. The Labute approximate surface area is 215 Å². The molecular formula is C26H24F4N4O4. The van der Waals surface area contributed by atoms with Crippen LogP contribution in [0.4, 0.5) is 22.4 Å². The van der Waals surface area contributed by atoms with E-state index in [0.29, 0.717) is 29.5 Å². The van der Waals surface area contributed by atoms with Crippen LogP contribution < -0.4 is 15.6 Å². The number of nitriles is 1. The van der Waals surface area contributed by atoms with Crippen LogP contribution in [0.1, 0.15) is 37.6 Å². The van der Waals surface area contributed by atoms with Gasteiger partial charge in [0, 0.05) is 11.6 Å². The van der Waals surface area contributed by atoms with Crippen LogP contribution in [-0.2, 0) is 16.3 Å². The van der Waals surface area contributed by atoms with Crippen molar-refractivity contribution in [1.29, 1.82) is 5.26 Å². The van der Waals surface area contributed by atoms with Gasteiger partial charge in [-0.05, 0) is 63.2 Å². The van der Waals surface area contributed by atoms with Gasteiger partial charge in [-0.25, -0.2) is 19.0 Å². The number of alkyl halides is 2. The quantitative estimate of drug-likeness (QED) is 0.275. The van der Waals surface area contributed by atoms with Crippen molar-refractivity contribution < 1.29 is 36.9 Å². The van der Waals surface area contributed by atoms with Crippen molar-refractivity contribution in [2.24, 2.45) is 0 Å². The van der Waals surface area contributed by atoms with Gasteiger partial charge in [0.25, 0.3) is 0 Å². The molecule has 0 saturated carbocycles. The van der Waals surface area contributed by atoms with Gasteiger partial charge < -0.3 is 14.6 Å². The summed E-state index contributed by atoms with van der Waals surface area (Å²) >= 11 is 0. The SMILES string of the molecule is CC(C)(C)OC(=O)NNCC(O)(c1ccc(F)cc1F)C(F)(F)c1ccc(Oc2ccc(C#N)cc2)cn1. The molecule has 0 bridgehead atoms. The van der Waals surface area contributed by atoms with Crippen molar-refractivity contribution >= 4 is 6.09 Å². The highest BCUT2D eigenvalue weighted by molar-refractivity contribution is 5.67. The van der Waals surface area contributed by atoms with Gasteiger partial charge in [-0.15, -0.1) is 0 Å². The molecule has 8 nitrogen and oxygen atoms in total. The fourth-order valence-corrected chi connectivity index (χ4v) is 3.32. The number of rotatable bonds is 8. The summed E-state index contributed by atoms with van der Waals surface area (Å²) in [4.78, 5) is 15.6. The van der Waals surface area contributed by atoms with Gasteiger partial charge in [0.05, 0.1) is 24.4 Å². The minimum atomic E-state index is -4.26. The molecule has 38 heavy (non-hydrogen) atoms. The van der Waals surface area contributed by atoms with Crippen LogP contribution in [0.25, 0.3) is 0 Å². The lowest BCUT2D eigenvalue weighted by molar-refractivity contribution is -0.197. The minimum Gasteiger partial charge on any atom is -0.456 e. The van der Waals surface area contributed by atoms with E-state index in [2.05, 4.69) is 10.4 Å². The monoisotopic (exact) mass is 532 g/mol. The second kappa shape index (κ2) is 11.0. The van der Waals surface area contributed by atoms with Crippen molar-refractivity contribution in [3.05, 3.63) is 89.2 Å². The van der Waals surface area contributed by atoms with Crippen LogP contribution in [0.5, 0.6) is 11.5 Å². The summed E-state index contributed by atoms with van der Waals surface area (Å²) < 4.78 is 70.2. The summed E-state index contributed by atoms with van der Waals surface area (Å²) in [5, 5.41) is 20.0. The molecule has 0 aliphatic heterocycles. The molecule has 1 aromatic heterocycles. The zero-order chi connectivity index (χ0) is 28.1. The second-order valence-electron chi connectivity index (χ2n) is 9.16. The Morgan fingerprint density at radius 1 is 1.05 bits per heavy atom. The smallest absolute Gasteiger partial charge is 0.422 e. The molecule has 2 aromatic carbocycles. The van der Waals surface area contributed by atoms with Crippen molar-refractivity contribution in [2.75, 3.05) is 6.54 Å². The number of amides is 1. The van der Waals surface area contributed by atoms with Crippen LogP contribution in [0, 0.1) is 23.0 Å². The van der Waals surface area contributed by atoms with Gasteiger partial charge in [-0.1, -0.05) is 6.07 Å². The Hall–Kier alpha value is -4.21. The highest BCUT2D eigenvalue weighted by atomic mass is 19.3. The van der Waals surface area contributed by atoms with Gasteiger partial charge in [-0.2, -0.15) is 14.0 Å². The molecule has 3 rings (SSSR count). The maximum atomic E-state index is 15.8. The average molecular weight is 532 g/mol. The standard InChI is InChI=1S/C26H24F4N4O4/c1-24(2,3)38-23(35)34-33-15-25(36,20-10-6-17(27)12-21(20)28)26(29,30)22-11-9-19(14-32-22)37-18-7-4-16(13-31)5-8-18/h4-12,14,33,36H,15H2,1-3H3,(H,34,35). The van der Waals surface area contributed by atoms with Crippen LogP contribution in [-0.4, -0.2) is 28.3 Å². The van der Waals surface area contributed by atoms with Crippen molar-refractivity contribution in [2.45, 2.75) is 37.9 Å². The number of nitrogens with zero attached hydrogens (tertiary/aromatic N) is 2. The van der Waals surface area contributed by atoms with Crippen molar-refractivity contribution in [3.63, 3.8) is 0 Å². The molecule has 1 amide bonds. The highest BCUT2D eigenvalue weighted by Gasteiger charge is 2.57. The van der Waals surface area contributed by atoms with E-state index >= 15 is 8.78 Å². The first kappa shape index (κ1) is 28.4. The molecular weight excluding hydrogens is 508 g/mol. The number of nitrogens with one attached hydrogen (secondary N) is 2. The highest BCUT2D eigenvalue weighted by Crippen LogP contribution is 2.45. The van der Waals surface area contributed by atoms with Crippen molar-refractivity contribution in [3.8, 4) is 17.6 Å². The molecule has 0 radical (unpaired) electrons. The van der Waals surface area contributed by atoms with Gasteiger partial charge >= 0.3 is 12.0 Å². The van der Waals surface area contributed by atoms with Gasteiger partial charge in [0.2, 0.25) is 0 Å². The lowest BCUT2D eigenvalue weighted by Gasteiger charge is -2.36. The Balaban J connectivity index is 1.89. The van der Waals surface area contributed by atoms with Crippen LogP contribution in [0.2, 0.25) is 0 Å². The molecule has 0 saturated heterocycles. The third-order valence-corrected chi connectivity index (χ3v) is 5.11. The lowest BCUT2D eigenvalue weighted by Crippen LogP contribution is -2.55. The third-order valence-electron chi connectivity index (χ3n) is 5.11. The lowest BCUT2D eigenvalue weighted by atomic mass is 9.84. The van der Waals surface area contributed by atoms with E-state index in [0.717, 1.165) is 18.3 Å². The molecule has 3 N–H and O–H groups in total. The summed E-state index contributed by atoms with van der Waals surface area (Å²) in [6.45, 7) is 3.61. The first-order valence-electron chi connectivity index (χ1n) is 11.2. The number of carbonyl (C=O) groups is 1. The number of aliphatic hydroxyl groups is 1. The second-order valence-corrected chi connectivity index (χ2v) is 9.16. The number of carbonyl (C=O) groups excluding carboxylic acids is 1. The number of aromatic nitrogens is 1. The normalized spacial score (nSPS) is 13.2. The fourth-order valence-electron chi connectivity index (χ4n) is 3.32. The number of hydrogen-bond acceptors (Lipinski definition) is 7. The third kappa shape index (κ3) is 6.56. The number of benzene rings is 2. The Morgan fingerprint density at radius 3 is 2.26 bits per heavy atom. The Kier molecular flexibility index (Phi) is 8.24. The average Bonchev–Trinajstić information content (AvgIpc) is 2.83. The van der Waals surface area contributed by atoms with E-state index in [-0.39, 0.29) is 5.75 Å². The van der Waals surface area contributed by atoms with E-state index < -0.39 is 52.7 Å². The molecule has 0 aliphatic rings. The number of halogens is 4. The summed E-state index contributed by atoms with van der Waals surface area (Å²) in [6, 6.07) is 11.7. The topological polar surface area (TPSA) is 117 Å². The maximum absolute atomic E-state index is 15.8. The van der Waals surface area contributed by atoms with E-state index in [1.165, 1.54) is 24.3 Å². The molecule has 0 spiro atoms. The molecule has 1 heterocycles. The molecule has 0 fully saturated rings. The van der Waals surface area contributed by atoms with Gasteiger partial charge in [0.15, 0.2) is 5.60 Å². The maximum Gasteiger partial charge on any atom is 0.422 e. The molecule has 12 heteroatoms. The fraction of sp³-hybridized carbons (Fsp3) is 0.269. The van der Waals surface area contributed by atoms with E-state index in [4.69, 9.17) is 14.7 Å². The van der Waals surface area contributed by atoms with Crippen molar-refractivity contribution in [1.82, 2.24) is 15.8 Å². The van der Waals surface area contributed by atoms with E-state index in [1.54, 1.807) is 20.8 Å². The van der Waals surface area contributed by atoms with E-state index in [1.807, 2.05) is 11.5 Å². The van der Waals surface area contributed by atoms with Gasteiger partial charge in [0.1, 0.15) is 34.4 Å². The zero-order valence-electron chi connectivity index (χ0n) is 20.6. The Morgan fingerprint density at radius 2 is 1.71 bits per heavy atom. The Bertz CT molecular complexity index is 1320. The van der Waals surface area contributed by atoms with E-state index in [9.17, 15) is 18.7 Å². The predicted molar refractivity (Wildman–Crippen MR) is 127 cm³/mol. The first-order valence-corrected chi connectivity index (χ1v) is 11.2.